The molecule has 0 atom stereocenters. The van der Waals surface area contributed by atoms with E-state index >= 15 is 0 Å². The quantitative estimate of drug-likeness (QED) is 0.749. The molecule has 1 N–H and O–H groups in total. The number of fused-ring (bicyclic) bond motifs is 2. The second-order valence-electron chi connectivity index (χ2n) is 6.07. The predicted molar refractivity (Wildman–Crippen MR) is 99.7 cm³/mol. The summed E-state index contributed by atoms with van der Waals surface area (Å²) < 4.78 is 12.5. The van der Waals surface area contributed by atoms with Gasteiger partial charge >= 0.3 is 0 Å². The molecule has 134 valence electrons. The van der Waals surface area contributed by atoms with Crippen molar-refractivity contribution in [2.24, 2.45) is 7.05 Å². The van der Waals surface area contributed by atoms with Gasteiger partial charge in [0.2, 0.25) is 0 Å². The van der Waals surface area contributed by atoms with Crippen molar-refractivity contribution < 1.29 is 14.3 Å². The number of hydrogen-bond acceptors (Lipinski definition) is 6. The molecular formula is C18H17N3O4S. The molecule has 0 radical (unpaired) electrons. The van der Waals surface area contributed by atoms with Gasteiger partial charge in [0.15, 0.2) is 11.5 Å². The van der Waals surface area contributed by atoms with Crippen molar-refractivity contribution in [1.82, 2.24) is 9.55 Å². The van der Waals surface area contributed by atoms with Crippen LogP contribution in [0.1, 0.15) is 21.1 Å². The van der Waals surface area contributed by atoms with E-state index in [2.05, 4.69) is 10.3 Å². The van der Waals surface area contributed by atoms with Crippen LogP contribution < -0.4 is 20.3 Å². The van der Waals surface area contributed by atoms with Crippen molar-refractivity contribution in [2.75, 3.05) is 18.5 Å². The largest absolute Gasteiger partial charge is 0.486 e. The summed E-state index contributed by atoms with van der Waals surface area (Å²) in [5.74, 6) is 1.60. The summed E-state index contributed by atoms with van der Waals surface area (Å²) in [5, 5.41) is 3.35. The minimum Gasteiger partial charge on any atom is -0.486 e. The lowest BCUT2D eigenvalue weighted by atomic mass is 10.2. The Morgan fingerprint density at radius 1 is 1.23 bits per heavy atom. The zero-order valence-electron chi connectivity index (χ0n) is 14.6. The van der Waals surface area contributed by atoms with E-state index in [4.69, 9.17) is 9.47 Å². The highest BCUT2D eigenvalue weighted by Crippen LogP contribution is 2.33. The van der Waals surface area contributed by atoms with Gasteiger partial charge < -0.3 is 14.8 Å². The van der Waals surface area contributed by atoms with Crippen molar-refractivity contribution in [1.29, 1.82) is 0 Å². The Morgan fingerprint density at radius 3 is 2.73 bits per heavy atom. The summed E-state index contributed by atoms with van der Waals surface area (Å²) in [6.45, 7) is 4.54. The second kappa shape index (κ2) is 6.14. The fourth-order valence-electron chi connectivity index (χ4n) is 2.89. The molecule has 1 aromatic carbocycles. The second-order valence-corrected chi connectivity index (χ2v) is 7.07. The summed E-state index contributed by atoms with van der Waals surface area (Å²) in [6, 6.07) is 5.26. The number of nitrogens with zero attached hydrogens (tertiary/aromatic N) is 2. The van der Waals surface area contributed by atoms with Gasteiger partial charge in [0.25, 0.3) is 11.5 Å². The maximum atomic E-state index is 12.7. The molecule has 0 saturated heterocycles. The van der Waals surface area contributed by atoms with E-state index in [0.29, 0.717) is 56.9 Å². The first-order chi connectivity index (χ1) is 12.5. The van der Waals surface area contributed by atoms with E-state index in [0.717, 1.165) is 0 Å². The lowest BCUT2D eigenvalue weighted by Gasteiger charge is -2.18. The minimum atomic E-state index is -0.276. The van der Waals surface area contributed by atoms with Crippen LogP contribution in [0.4, 0.5) is 5.69 Å². The third kappa shape index (κ3) is 2.62. The number of rotatable bonds is 2. The van der Waals surface area contributed by atoms with Crippen LogP contribution in [0, 0.1) is 13.8 Å². The molecule has 3 heterocycles. The molecule has 8 heteroatoms. The van der Waals surface area contributed by atoms with Crippen LogP contribution in [-0.2, 0) is 7.05 Å². The number of carbonyl (C=O) groups is 1. The molecule has 0 unspecified atom stereocenters. The summed E-state index contributed by atoms with van der Waals surface area (Å²) in [5.41, 5.74) is 1.11. The van der Waals surface area contributed by atoms with Gasteiger partial charge in [0.1, 0.15) is 23.9 Å². The molecule has 0 fully saturated rings. The van der Waals surface area contributed by atoms with Crippen LogP contribution in [0.15, 0.2) is 23.0 Å². The summed E-state index contributed by atoms with van der Waals surface area (Å²) >= 11 is 1.22. The zero-order valence-corrected chi connectivity index (χ0v) is 15.4. The number of aryl methyl sites for hydroxylation is 2. The monoisotopic (exact) mass is 371 g/mol. The van der Waals surface area contributed by atoms with Gasteiger partial charge in [-0.3, -0.25) is 14.2 Å². The van der Waals surface area contributed by atoms with E-state index < -0.39 is 0 Å². The van der Waals surface area contributed by atoms with Gasteiger partial charge in [-0.1, -0.05) is 0 Å². The highest BCUT2D eigenvalue weighted by Gasteiger charge is 2.21. The number of aromatic nitrogens is 2. The van der Waals surface area contributed by atoms with Crippen LogP contribution >= 0.6 is 11.3 Å². The van der Waals surface area contributed by atoms with Crippen molar-refractivity contribution in [2.45, 2.75) is 13.8 Å². The van der Waals surface area contributed by atoms with Gasteiger partial charge in [-0.25, -0.2) is 4.98 Å². The fraction of sp³-hybridized carbons (Fsp3) is 0.278. The van der Waals surface area contributed by atoms with Crippen LogP contribution in [0.2, 0.25) is 0 Å². The highest BCUT2D eigenvalue weighted by molar-refractivity contribution is 7.20. The lowest BCUT2D eigenvalue weighted by molar-refractivity contribution is 0.103. The molecular weight excluding hydrogens is 354 g/mol. The maximum Gasteiger partial charge on any atom is 0.266 e. The molecule has 7 nitrogen and oxygen atoms in total. The fourth-order valence-corrected chi connectivity index (χ4v) is 4.00. The van der Waals surface area contributed by atoms with E-state index in [9.17, 15) is 9.59 Å². The number of amides is 1. The number of thiophene rings is 1. The first-order valence-electron chi connectivity index (χ1n) is 8.13. The standard InChI is InChI=1S/C18H17N3O4S/c1-9-14-17(19-10(2)21(3)18(14)23)26-15(9)16(22)20-11-4-5-12-13(8-11)25-7-6-24-12/h4-5,8H,6-7H2,1-3H3,(H,20,22). The molecule has 1 amide bonds. The van der Waals surface area contributed by atoms with Crippen molar-refractivity contribution in [3.8, 4) is 11.5 Å². The van der Waals surface area contributed by atoms with E-state index in [1.165, 1.54) is 15.9 Å². The summed E-state index contributed by atoms with van der Waals surface area (Å²) in [4.78, 5) is 30.7. The Balaban J connectivity index is 1.70. The van der Waals surface area contributed by atoms with E-state index in [1.807, 2.05) is 0 Å². The van der Waals surface area contributed by atoms with Crippen molar-refractivity contribution in [3.63, 3.8) is 0 Å². The van der Waals surface area contributed by atoms with Gasteiger partial charge in [-0.2, -0.15) is 0 Å². The summed E-state index contributed by atoms with van der Waals surface area (Å²) in [7, 11) is 1.68. The Hall–Kier alpha value is -2.87. The smallest absolute Gasteiger partial charge is 0.266 e. The van der Waals surface area contributed by atoms with E-state index in [1.54, 1.807) is 39.1 Å². The molecule has 0 saturated carbocycles. The Morgan fingerprint density at radius 2 is 1.96 bits per heavy atom. The molecule has 0 bridgehead atoms. The van der Waals surface area contributed by atoms with Crippen molar-refractivity contribution >= 4 is 33.1 Å². The van der Waals surface area contributed by atoms with Crippen LogP contribution in [-0.4, -0.2) is 28.7 Å². The van der Waals surface area contributed by atoms with Crippen molar-refractivity contribution in [3.05, 3.63) is 44.8 Å². The average Bonchev–Trinajstić information content (AvgIpc) is 2.96. The Bertz CT molecular complexity index is 1100. The average molecular weight is 371 g/mol. The van der Waals surface area contributed by atoms with Crippen LogP contribution in [0.25, 0.3) is 10.2 Å². The third-order valence-electron chi connectivity index (χ3n) is 4.40. The molecule has 0 spiro atoms. The van der Waals surface area contributed by atoms with Crippen LogP contribution in [0.3, 0.4) is 0 Å². The SMILES string of the molecule is Cc1c(C(=O)Nc2ccc3c(c2)OCCO3)sc2nc(C)n(C)c(=O)c12. The van der Waals surface area contributed by atoms with Gasteiger partial charge in [0.05, 0.1) is 10.3 Å². The Labute approximate surface area is 153 Å². The minimum absolute atomic E-state index is 0.139. The molecule has 3 aromatic rings. The molecule has 1 aliphatic rings. The Kier molecular flexibility index (Phi) is 3.91. The molecule has 2 aromatic heterocycles. The van der Waals surface area contributed by atoms with E-state index in [-0.39, 0.29) is 11.5 Å². The van der Waals surface area contributed by atoms with Gasteiger partial charge in [-0.15, -0.1) is 11.3 Å². The predicted octanol–water partition coefficient (Wildman–Crippen LogP) is 2.64. The highest BCUT2D eigenvalue weighted by atomic mass is 32.1. The lowest BCUT2D eigenvalue weighted by Crippen LogP contribution is -2.20. The normalized spacial score (nSPS) is 13.0. The molecule has 0 aliphatic carbocycles. The molecule has 26 heavy (non-hydrogen) atoms. The number of ether oxygens (including phenoxy) is 2. The van der Waals surface area contributed by atoms with Crippen LogP contribution in [0.5, 0.6) is 11.5 Å². The first-order valence-corrected chi connectivity index (χ1v) is 8.95. The third-order valence-corrected chi connectivity index (χ3v) is 5.59. The number of anilines is 1. The van der Waals surface area contributed by atoms with Gasteiger partial charge in [0, 0.05) is 18.8 Å². The zero-order chi connectivity index (χ0) is 18.4. The summed E-state index contributed by atoms with van der Waals surface area (Å²) in [6.07, 6.45) is 0. The number of hydrogen-bond donors (Lipinski definition) is 1. The number of carbonyl (C=O) groups excluding carboxylic acids is 1. The topological polar surface area (TPSA) is 82.4 Å². The van der Waals surface area contributed by atoms with Gasteiger partial charge in [-0.05, 0) is 31.5 Å². The first kappa shape index (κ1) is 16.6. The number of nitrogens with one attached hydrogen (secondary N) is 1. The number of benzene rings is 1. The molecule has 4 rings (SSSR count). The maximum absolute atomic E-state index is 12.7. The molecule has 1 aliphatic heterocycles.